The van der Waals surface area contributed by atoms with Gasteiger partial charge in [0.15, 0.2) is 5.69 Å². The first-order chi connectivity index (χ1) is 9.61. The third kappa shape index (κ3) is 4.50. The molecule has 0 saturated heterocycles. The van der Waals surface area contributed by atoms with Crippen LogP contribution in [0.1, 0.15) is 29.5 Å². The van der Waals surface area contributed by atoms with Crippen LogP contribution in [0.15, 0.2) is 0 Å². The Balaban J connectivity index is 2.36. The molecule has 1 aromatic rings. The molecule has 7 heteroatoms. The van der Waals surface area contributed by atoms with Gasteiger partial charge in [-0.1, -0.05) is 0 Å². The Morgan fingerprint density at radius 3 is 2.70 bits per heavy atom. The number of ether oxygens (including phenoxy) is 3. The minimum Gasteiger partial charge on any atom is -0.458 e. The van der Waals surface area contributed by atoms with Gasteiger partial charge in [-0.15, -0.1) is 0 Å². The van der Waals surface area contributed by atoms with E-state index in [4.69, 9.17) is 19.9 Å². The molecule has 1 rings (SSSR count). The first-order valence-electron chi connectivity index (χ1n) is 6.68. The highest BCUT2D eigenvalue weighted by atomic mass is 16.6. The third-order valence-electron chi connectivity index (χ3n) is 2.76. The maximum absolute atomic E-state index is 12.0. The Hall–Kier alpha value is -1.60. The van der Waals surface area contributed by atoms with Crippen LogP contribution in [-0.4, -0.2) is 49.3 Å². The summed E-state index contributed by atoms with van der Waals surface area (Å²) in [5.74, 6) is -0.467. The van der Waals surface area contributed by atoms with Gasteiger partial charge in [-0.05, 0) is 20.3 Å². The van der Waals surface area contributed by atoms with E-state index in [0.717, 1.165) is 6.42 Å². The Labute approximate surface area is 119 Å². The zero-order valence-corrected chi connectivity index (χ0v) is 12.3. The molecule has 0 unspecified atom stereocenters. The second kappa shape index (κ2) is 8.55. The van der Waals surface area contributed by atoms with Crippen molar-refractivity contribution in [3.8, 4) is 0 Å². The van der Waals surface area contributed by atoms with Crippen molar-refractivity contribution < 1.29 is 19.0 Å². The standard InChI is InChI=1S/C13H23N3O4/c1-4-16-12(11(14)10(2)15-16)13(17)20-9-8-19-7-5-6-18-3/h4-9,14H2,1-3H3. The summed E-state index contributed by atoms with van der Waals surface area (Å²) in [5, 5.41) is 4.17. The largest absolute Gasteiger partial charge is 0.458 e. The normalized spacial score (nSPS) is 10.8. The van der Waals surface area contributed by atoms with E-state index < -0.39 is 5.97 Å². The monoisotopic (exact) mass is 285 g/mol. The number of methoxy groups -OCH3 is 1. The summed E-state index contributed by atoms with van der Waals surface area (Å²) in [6, 6.07) is 0. The fourth-order valence-electron chi connectivity index (χ4n) is 1.71. The molecular weight excluding hydrogens is 262 g/mol. The van der Waals surface area contributed by atoms with Gasteiger partial charge in [0.1, 0.15) is 6.61 Å². The van der Waals surface area contributed by atoms with Gasteiger partial charge in [-0.25, -0.2) is 4.79 Å². The summed E-state index contributed by atoms with van der Waals surface area (Å²) >= 11 is 0. The van der Waals surface area contributed by atoms with Crippen molar-refractivity contribution in [2.45, 2.75) is 26.8 Å². The summed E-state index contributed by atoms with van der Waals surface area (Å²) in [6.07, 6.45) is 0.819. The van der Waals surface area contributed by atoms with Gasteiger partial charge < -0.3 is 19.9 Å². The smallest absolute Gasteiger partial charge is 0.358 e. The number of carbonyl (C=O) groups is 1. The molecule has 0 atom stereocenters. The molecule has 1 heterocycles. The molecule has 0 aliphatic heterocycles. The molecule has 1 aromatic heterocycles. The molecule has 0 aliphatic rings. The van der Waals surface area contributed by atoms with Crippen LogP contribution in [0.4, 0.5) is 5.69 Å². The van der Waals surface area contributed by atoms with Crippen molar-refractivity contribution in [3.63, 3.8) is 0 Å². The van der Waals surface area contributed by atoms with Crippen LogP contribution >= 0.6 is 0 Å². The van der Waals surface area contributed by atoms with Gasteiger partial charge >= 0.3 is 5.97 Å². The second-order valence-electron chi connectivity index (χ2n) is 4.26. The van der Waals surface area contributed by atoms with Gasteiger partial charge in [0.05, 0.1) is 18.0 Å². The molecule has 0 saturated carbocycles. The molecule has 20 heavy (non-hydrogen) atoms. The van der Waals surface area contributed by atoms with E-state index in [1.807, 2.05) is 6.92 Å². The third-order valence-corrected chi connectivity index (χ3v) is 2.76. The lowest BCUT2D eigenvalue weighted by Gasteiger charge is -2.07. The molecule has 2 N–H and O–H groups in total. The zero-order valence-electron chi connectivity index (χ0n) is 12.3. The van der Waals surface area contributed by atoms with Crippen LogP contribution in [0, 0.1) is 6.92 Å². The summed E-state index contributed by atoms with van der Waals surface area (Å²) < 4.78 is 16.9. The van der Waals surface area contributed by atoms with Crippen molar-refractivity contribution in [1.29, 1.82) is 0 Å². The average molecular weight is 285 g/mol. The number of nitrogen functional groups attached to an aromatic ring is 1. The van der Waals surface area contributed by atoms with E-state index in [-0.39, 0.29) is 6.61 Å². The van der Waals surface area contributed by atoms with E-state index in [0.29, 0.717) is 43.4 Å². The van der Waals surface area contributed by atoms with Crippen LogP contribution in [0.5, 0.6) is 0 Å². The topological polar surface area (TPSA) is 88.6 Å². The highest BCUT2D eigenvalue weighted by molar-refractivity contribution is 5.93. The number of hydrogen-bond acceptors (Lipinski definition) is 6. The van der Waals surface area contributed by atoms with Crippen LogP contribution in [0.2, 0.25) is 0 Å². The highest BCUT2D eigenvalue weighted by Crippen LogP contribution is 2.17. The number of hydrogen-bond donors (Lipinski definition) is 1. The SMILES string of the molecule is CCn1nc(C)c(N)c1C(=O)OCCOCCCOC. The molecule has 114 valence electrons. The summed E-state index contributed by atoms with van der Waals surface area (Å²) in [7, 11) is 1.64. The molecule has 0 radical (unpaired) electrons. The molecule has 7 nitrogen and oxygen atoms in total. The lowest BCUT2D eigenvalue weighted by Crippen LogP contribution is -2.17. The fraction of sp³-hybridized carbons (Fsp3) is 0.692. The van der Waals surface area contributed by atoms with Gasteiger partial charge in [-0.3, -0.25) is 4.68 Å². The van der Waals surface area contributed by atoms with E-state index in [1.54, 1.807) is 18.7 Å². The predicted octanol–water partition coefficient (Wildman–Crippen LogP) is 1.00. The van der Waals surface area contributed by atoms with E-state index in [2.05, 4.69) is 5.10 Å². The van der Waals surface area contributed by atoms with Crippen molar-refractivity contribution in [2.75, 3.05) is 39.3 Å². The van der Waals surface area contributed by atoms with E-state index >= 15 is 0 Å². The van der Waals surface area contributed by atoms with E-state index in [9.17, 15) is 4.79 Å². The first kappa shape index (κ1) is 16.5. The van der Waals surface area contributed by atoms with Crippen LogP contribution in [-0.2, 0) is 20.8 Å². The van der Waals surface area contributed by atoms with Gasteiger partial charge in [0, 0.05) is 26.9 Å². The number of aromatic nitrogens is 2. The Kier molecular flexibility index (Phi) is 7.03. The Morgan fingerprint density at radius 2 is 2.05 bits per heavy atom. The van der Waals surface area contributed by atoms with E-state index in [1.165, 1.54) is 0 Å². The predicted molar refractivity (Wildman–Crippen MR) is 74.6 cm³/mol. The minimum absolute atomic E-state index is 0.194. The molecule has 0 aromatic carbocycles. The number of rotatable bonds is 9. The van der Waals surface area contributed by atoms with Gasteiger partial charge in [0.2, 0.25) is 0 Å². The lowest BCUT2D eigenvalue weighted by atomic mass is 10.3. The fourth-order valence-corrected chi connectivity index (χ4v) is 1.71. The van der Waals surface area contributed by atoms with Crippen molar-refractivity contribution in [3.05, 3.63) is 11.4 Å². The van der Waals surface area contributed by atoms with Crippen molar-refractivity contribution in [1.82, 2.24) is 9.78 Å². The summed E-state index contributed by atoms with van der Waals surface area (Å²) in [5.41, 5.74) is 7.15. The molecule has 0 aliphatic carbocycles. The maximum Gasteiger partial charge on any atom is 0.358 e. The number of aryl methyl sites for hydroxylation is 2. The number of nitrogens with zero attached hydrogens (tertiary/aromatic N) is 2. The molecule has 0 fully saturated rings. The number of nitrogens with two attached hydrogens (primary N) is 1. The molecular formula is C13H23N3O4. The van der Waals surface area contributed by atoms with Crippen LogP contribution in [0.25, 0.3) is 0 Å². The number of esters is 1. The number of carbonyl (C=O) groups excluding carboxylic acids is 1. The van der Waals surface area contributed by atoms with Crippen LogP contribution < -0.4 is 5.73 Å². The molecule has 0 spiro atoms. The van der Waals surface area contributed by atoms with Crippen LogP contribution in [0.3, 0.4) is 0 Å². The maximum atomic E-state index is 12.0. The summed E-state index contributed by atoms with van der Waals surface area (Å²) in [6.45, 7) is 6.01. The average Bonchev–Trinajstić information content (AvgIpc) is 2.73. The second-order valence-corrected chi connectivity index (χ2v) is 4.26. The lowest BCUT2D eigenvalue weighted by molar-refractivity contribution is 0.0278. The zero-order chi connectivity index (χ0) is 15.0. The van der Waals surface area contributed by atoms with Crippen molar-refractivity contribution in [2.24, 2.45) is 0 Å². The van der Waals surface area contributed by atoms with Gasteiger partial charge in [-0.2, -0.15) is 5.10 Å². The summed E-state index contributed by atoms with van der Waals surface area (Å²) in [4.78, 5) is 12.0. The highest BCUT2D eigenvalue weighted by Gasteiger charge is 2.20. The van der Waals surface area contributed by atoms with Crippen molar-refractivity contribution >= 4 is 11.7 Å². The van der Waals surface area contributed by atoms with Gasteiger partial charge in [0.25, 0.3) is 0 Å². The Bertz CT molecular complexity index is 431. The quantitative estimate of drug-likeness (QED) is 0.538. The molecule has 0 amide bonds. The first-order valence-corrected chi connectivity index (χ1v) is 6.68. The molecule has 0 bridgehead atoms. The minimum atomic E-state index is -0.467. The number of anilines is 1. The Morgan fingerprint density at radius 1 is 1.30 bits per heavy atom.